The number of carbonyl (C=O) groups is 1. The van der Waals surface area contributed by atoms with E-state index in [1.165, 1.54) is 12.1 Å². The number of thiophene rings is 1. The first-order valence-corrected chi connectivity index (χ1v) is 17.1. The molecule has 2 heterocycles. The third-order valence-electron chi connectivity index (χ3n) is 7.96. The van der Waals surface area contributed by atoms with Gasteiger partial charge in [-0.2, -0.15) is 0 Å². The summed E-state index contributed by atoms with van der Waals surface area (Å²) in [4.78, 5) is 13.1. The molecule has 2 aromatic carbocycles. The topological polar surface area (TPSA) is 68.2 Å². The predicted molar refractivity (Wildman–Crippen MR) is 164 cm³/mol. The summed E-state index contributed by atoms with van der Waals surface area (Å²) in [5.41, 5.74) is 4.77. The van der Waals surface area contributed by atoms with Crippen LogP contribution in [0, 0.1) is 11.7 Å². The van der Waals surface area contributed by atoms with Crippen LogP contribution in [0.4, 0.5) is 4.39 Å². The van der Waals surface area contributed by atoms with E-state index in [0.29, 0.717) is 28.6 Å². The summed E-state index contributed by atoms with van der Waals surface area (Å²) in [7, 11) is -4.14. The maximum atomic E-state index is 15.2. The minimum atomic E-state index is -4.14. The van der Waals surface area contributed by atoms with Crippen molar-refractivity contribution in [3.63, 3.8) is 0 Å². The molecule has 1 saturated carbocycles. The van der Waals surface area contributed by atoms with Crippen LogP contribution in [-0.2, 0) is 34.2 Å². The van der Waals surface area contributed by atoms with Crippen molar-refractivity contribution in [2.24, 2.45) is 5.92 Å². The molecule has 2 aliphatic carbocycles. The summed E-state index contributed by atoms with van der Waals surface area (Å²) in [6, 6.07) is 9.70. The van der Waals surface area contributed by atoms with E-state index in [1.54, 1.807) is 18.2 Å². The van der Waals surface area contributed by atoms with Crippen molar-refractivity contribution in [1.82, 2.24) is 9.29 Å². The molecule has 216 valence electrons. The van der Waals surface area contributed by atoms with Crippen molar-refractivity contribution in [3.8, 4) is 0 Å². The highest BCUT2D eigenvalue weighted by molar-refractivity contribution is 7.92. The molecule has 41 heavy (non-hydrogen) atoms. The molecule has 4 aromatic rings. The van der Waals surface area contributed by atoms with Crippen LogP contribution >= 0.6 is 57.7 Å². The molecule has 0 saturated heterocycles. The Kier molecular flexibility index (Phi) is 8.11. The molecule has 1 N–H and O–H groups in total. The van der Waals surface area contributed by atoms with Gasteiger partial charge in [0.15, 0.2) is 0 Å². The molecular weight excluding hydrogens is 649 g/mol. The van der Waals surface area contributed by atoms with Gasteiger partial charge in [-0.3, -0.25) is 4.79 Å². The number of benzene rings is 2. The van der Waals surface area contributed by atoms with E-state index in [1.807, 2.05) is 6.07 Å². The molecule has 1 amide bonds. The van der Waals surface area contributed by atoms with Crippen molar-refractivity contribution in [3.05, 3.63) is 84.0 Å². The second-order valence-electron chi connectivity index (χ2n) is 10.7. The largest absolute Gasteiger partial charge is 0.340 e. The minimum Gasteiger partial charge on any atom is -0.340 e. The van der Waals surface area contributed by atoms with Crippen LogP contribution in [0.2, 0.25) is 19.4 Å². The highest BCUT2D eigenvalue weighted by Gasteiger charge is 2.47. The Hall–Kier alpha value is -1.81. The van der Waals surface area contributed by atoms with E-state index >= 15 is 4.39 Å². The molecular formula is C29H25Cl4FN2O3S2. The van der Waals surface area contributed by atoms with Crippen LogP contribution < -0.4 is 4.72 Å². The lowest BCUT2D eigenvalue weighted by atomic mass is 9.95. The lowest BCUT2D eigenvalue weighted by molar-refractivity contribution is -0.120. The Morgan fingerprint density at radius 1 is 1.00 bits per heavy atom. The number of amides is 1. The third kappa shape index (κ3) is 5.76. The van der Waals surface area contributed by atoms with E-state index < -0.39 is 21.8 Å². The molecule has 1 fully saturated rings. The van der Waals surface area contributed by atoms with Gasteiger partial charge < -0.3 is 4.57 Å². The molecule has 12 heteroatoms. The molecule has 0 radical (unpaired) electrons. The van der Waals surface area contributed by atoms with Gasteiger partial charge in [0.1, 0.15) is 14.4 Å². The van der Waals surface area contributed by atoms with Gasteiger partial charge >= 0.3 is 0 Å². The van der Waals surface area contributed by atoms with Crippen molar-refractivity contribution < 1.29 is 17.6 Å². The number of sulfonamides is 1. The van der Waals surface area contributed by atoms with Crippen LogP contribution in [0.1, 0.15) is 60.4 Å². The van der Waals surface area contributed by atoms with Crippen molar-refractivity contribution in [2.45, 2.75) is 61.6 Å². The van der Waals surface area contributed by atoms with Crippen molar-refractivity contribution >= 4 is 84.6 Å². The molecule has 5 nitrogen and oxygen atoms in total. The van der Waals surface area contributed by atoms with E-state index in [4.69, 9.17) is 46.4 Å². The Bertz CT molecular complexity index is 1780. The number of nitrogens with zero attached hydrogens (tertiary/aromatic N) is 1. The lowest BCUT2D eigenvalue weighted by Gasteiger charge is -2.17. The van der Waals surface area contributed by atoms with Crippen molar-refractivity contribution in [1.29, 1.82) is 0 Å². The molecule has 6 rings (SSSR count). The number of hydrogen-bond donors (Lipinski definition) is 1. The highest BCUT2D eigenvalue weighted by atomic mass is 35.5. The van der Waals surface area contributed by atoms with Gasteiger partial charge in [-0.15, -0.1) is 11.3 Å². The summed E-state index contributed by atoms with van der Waals surface area (Å²) in [5.74, 6) is -1.96. The Balaban J connectivity index is 1.40. The zero-order valence-electron chi connectivity index (χ0n) is 21.7. The molecule has 0 aliphatic heterocycles. The average Bonchev–Trinajstić information content (AvgIpc) is 3.55. The normalized spacial score (nSPS) is 19.0. The van der Waals surface area contributed by atoms with Gasteiger partial charge in [-0.25, -0.2) is 17.5 Å². The van der Waals surface area contributed by atoms with Gasteiger partial charge in [-0.05, 0) is 85.0 Å². The SMILES string of the molecule is O=C(NS(=O)(=O)c1cc(Cl)c(Cl)s1)C1CC1c1cc(F)cc2c3c(n(Cc4ccc(Cl)cc4Cl)c12)CCCCCC3. The first-order valence-electron chi connectivity index (χ1n) is 13.3. The summed E-state index contributed by atoms with van der Waals surface area (Å²) in [5, 5.41) is 2.05. The molecule has 2 aromatic heterocycles. The standard InChI is InChI=1S/C29H25Cl4FN2O3S2/c30-16-8-7-15(23(31)9-16)14-36-25-6-4-2-1-3-5-18(25)20-10-17(34)11-21(27(20)36)19-12-22(19)29(37)35-41(38,39)26-13-24(32)28(33)40-26/h7-11,13,19,22H,1-6,12,14H2,(H,35,37). The Morgan fingerprint density at radius 3 is 2.46 bits per heavy atom. The van der Waals surface area contributed by atoms with E-state index in [-0.39, 0.29) is 25.3 Å². The second kappa shape index (κ2) is 11.4. The van der Waals surface area contributed by atoms with Crippen LogP contribution in [0.25, 0.3) is 10.9 Å². The minimum absolute atomic E-state index is 0.105. The van der Waals surface area contributed by atoms with E-state index in [2.05, 4.69) is 9.29 Å². The first-order chi connectivity index (χ1) is 19.5. The summed E-state index contributed by atoms with van der Waals surface area (Å²) in [6.45, 7) is 0.471. The fourth-order valence-corrected chi connectivity index (χ4v) is 9.32. The van der Waals surface area contributed by atoms with Crippen LogP contribution in [-0.4, -0.2) is 18.9 Å². The van der Waals surface area contributed by atoms with Gasteiger partial charge in [0, 0.05) is 33.6 Å². The van der Waals surface area contributed by atoms with Crippen LogP contribution in [0.15, 0.2) is 40.6 Å². The van der Waals surface area contributed by atoms with E-state index in [9.17, 15) is 13.2 Å². The Labute approximate surface area is 261 Å². The first kappa shape index (κ1) is 29.3. The summed E-state index contributed by atoms with van der Waals surface area (Å²) < 4.78 is 45.2. The number of nitrogens with one attached hydrogen (secondary N) is 1. The monoisotopic (exact) mass is 672 g/mol. The number of carbonyl (C=O) groups excluding carboxylic acids is 1. The quantitative estimate of drug-likeness (QED) is 0.223. The number of aromatic nitrogens is 1. The zero-order valence-corrected chi connectivity index (χ0v) is 26.3. The molecule has 2 atom stereocenters. The maximum absolute atomic E-state index is 15.2. The van der Waals surface area contributed by atoms with Crippen molar-refractivity contribution in [2.75, 3.05) is 0 Å². The molecule has 2 aliphatic rings. The van der Waals surface area contributed by atoms with Gasteiger partial charge in [0.05, 0.1) is 10.5 Å². The van der Waals surface area contributed by atoms with Crippen LogP contribution in [0.3, 0.4) is 0 Å². The molecule has 0 bridgehead atoms. The zero-order chi connectivity index (χ0) is 29.1. The number of aryl methyl sites for hydroxylation is 1. The maximum Gasteiger partial charge on any atom is 0.273 e. The summed E-state index contributed by atoms with van der Waals surface area (Å²) >= 11 is 25.4. The fraction of sp³-hybridized carbons (Fsp3) is 0.345. The predicted octanol–water partition coefficient (Wildman–Crippen LogP) is 8.77. The van der Waals surface area contributed by atoms with Gasteiger partial charge in [0.2, 0.25) is 5.91 Å². The number of halogens is 5. The Morgan fingerprint density at radius 2 is 1.76 bits per heavy atom. The third-order valence-corrected chi connectivity index (χ3v) is 12.2. The number of fused-ring (bicyclic) bond motifs is 3. The highest BCUT2D eigenvalue weighted by Crippen LogP contribution is 2.51. The average molecular weight is 674 g/mol. The smallest absolute Gasteiger partial charge is 0.273 e. The number of hydrogen-bond acceptors (Lipinski definition) is 4. The molecule has 0 spiro atoms. The second-order valence-corrected chi connectivity index (χ2v) is 15.5. The summed E-state index contributed by atoms with van der Waals surface area (Å²) in [6.07, 6.45) is 6.40. The van der Waals surface area contributed by atoms with Crippen LogP contribution in [0.5, 0.6) is 0 Å². The van der Waals surface area contributed by atoms with E-state index in [0.717, 1.165) is 77.6 Å². The van der Waals surface area contributed by atoms with Gasteiger partial charge in [0.25, 0.3) is 10.0 Å². The van der Waals surface area contributed by atoms with Gasteiger partial charge in [-0.1, -0.05) is 65.3 Å². The molecule has 2 unspecified atom stereocenters. The number of rotatable bonds is 6. The fourth-order valence-electron chi connectivity index (χ4n) is 5.94. The lowest BCUT2D eigenvalue weighted by Crippen LogP contribution is -2.31.